The van der Waals surface area contributed by atoms with Crippen molar-refractivity contribution >= 4 is 22.6 Å². The van der Waals surface area contributed by atoms with Gasteiger partial charge in [-0.25, -0.2) is 9.18 Å². The van der Waals surface area contributed by atoms with Gasteiger partial charge in [0.15, 0.2) is 11.6 Å². The molecular formula is C18H20FN3O4. The van der Waals surface area contributed by atoms with Gasteiger partial charge in [-0.2, -0.15) is 0 Å². The molecule has 2 aromatic rings. The summed E-state index contributed by atoms with van der Waals surface area (Å²) < 4.78 is 29.5. The van der Waals surface area contributed by atoms with Crippen molar-refractivity contribution in [2.45, 2.75) is 13.0 Å². The highest BCUT2D eigenvalue weighted by atomic mass is 19.1. The number of nitrogens with zero attached hydrogens (tertiary/aromatic N) is 3. The van der Waals surface area contributed by atoms with Crippen LogP contribution in [0.4, 0.5) is 10.1 Å². The van der Waals surface area contributed by atoms with Crippen molar-refractivity contribution in [2.75, 3.05) is 44.7 Å². The number of carbonyl (C=O) groups is 1. The van der Waals surface area contributed by atoms with Crippen molar-refractivity contribution in [3.05, 3.63) is 33.9 Å². The second-order valence-corrected chi connectivity index (χ2v) is 6.95. The van der Waals surface area contributed by atoms with E-state index in [4.69, 9.17) is 6.17 Å². The van der Waals surface area contributed by atoms with Crippen LogP contribution in [0.25, 0.3) is 12.3 Å². The van der Waals surface area contributed by atoms with E-state index in [0.717, 1.165) is 19.2 Å². The van der Waals surface area contributed by atoms with E-state index in [0.29, 0.717) is 30.0 Å². The van der Waals surface area contributed by atoms with Gasteiger partial charge in [0, 0.05) is 32.4 Å². The number of likely N-dealkylation sites (N-methyl/N-ethyl adjacent to an activating group) is 1. The molecule has 0 radical (unpaired) electrons. The number of hydrogen-bond donors (Lipinski definition) is 1. The molecule has 1 unspecified atom stereocenters. The number of carboxylic acid groups (broad SMARTS) is 1. The molecule has 0 bridgehead atoms. The van der Waals surface area contributed by atoms with Crippen LogP contribution in [0.1, 0.15) is 23.3 Å². The van der Waals surface area contributed by atoms with Crippen molar-refractivity contribution in [3.8, 4) is 5.75 Å². The zero-order chi connectivity index (χ0) is 19.3. The van der Waals surface area contributed by atoms with Crippen molar-refractivity contribution in [3.63, 3.8) is 0 Å². The molecule has 1 saturated heterocycles. The first-order chi connectivity index (χ1) is 12.9. The highest BCUT2D eigenvalue weighted by Gasteiger charge is 2.30. The Hall–Kier alpha value is -2.61. The first kappa shape index (κ1) is 15.6. The number of ether oxygens (including phenoxy) is 1. The third-order valence-electron chi connectivity index (χ3n) is 5.18. The van der Waals surface area contributed by atoms with Crippen LogP contribution in [0.15, 0.2) is 17.1 Å². The van der Waals surface area contributed by atoms with Crippen molar-refractivity contribution in [1.82, 2.24) is 9.47 Å². The molecule has 0 saturated carbocycles. The minimum absolute atomic E-state index is 0.0508. The Labute approximate surface area is 150 Å². The lowest BCUT2D eigenvalue weighted by Gasteiger charge is -2.37. The molecule has 1 fully saturated rings. The van der Waals surface area contributed by atoms with E-state index < -0.39 is 17.2 Å². The molecule has 1 aromatic carbocycles. The smallest absolute Gasteiger partial charge is 0.341 e. The quantitative estimate of drug-likeness (QED) is 0.874. The normalized spacial score (nSPS) is 20.7. The van der Waals surface area contributed by atoms with Crippen molar-refractivity contribution in [1.29, 1.82) is 1.43 Å². The van der Waals surface area contributed by atoms with Gasteiger partial charge in [0.05, 0.1) is 16.9 Å². The minimum atomic E-state index is -1.06. The zero-order valence-corrected chi connectivity index (χ0v) is 14.6. The van der Waals surface area contributed by atoms with Crippen molar-refractivity contribution in [2.24, 2.45) is 0 Å². The lowest BCUT2D eigenvalue weighted by molar-refractivity contribution is 0.0694. The summed E-state index contributed by atoms with van der Waals surface area (Å²) in [6.45, 7) is 5.06. The Balaban J connectivity index is 1.99. The molecule has 1 atom stereocenters. The summed E-state index contributed by atoms with van der Waals surface area (Å²) in [4.78, 5) is 28.6. The standard InChI is InChI=1S/C18H20FN3O4/c1-10-9-26-17-14-11(16(23)12(18(24)25)8-22(10)14)7-13(19)15(17)21-5-3-20(2)4-6-21/h7-8,10H,3-6,9H2,1-2H3,(H,24,25)/i/hD. The molecule has 4 rings (SSSR count). The number of halogens is 1. The molecule has 3 heterocycles. The topological polar surface area (TPSA) is 75.0 Å². The van der Waals surface area contributed by atoms with E-state index in [-0.39, 0.29) is 23.6 Å². The van der Waals surface area contributed by atoms with Gasteiger partial charge in [-0.1, -0.05) is 0 Å². The summed E-state index contributed by atoms with van der Waals surface area (Å²) in [6.07, 6.45) is 1.38. The Morgan fingerprint density at radius 1 is 1.38 bits per heavy atom. The average molecular weight is 362 g/mol. The van der Waals surface area contributed by atoms with E-state index >= 15 is 4.39 Å². The number of carboxylic acids is 1. The maximum absolute atomic E-state index is 15.1. The fourth-order valence-corrected chi connectivity index (χ4v) is 3.68. The molecular weight excluding hydrogens is 341 g/mol. The van der Waals surface area contributed by atoms with E-state index in [1.165, 1.54) is 6.20 Å². The Morgan fingerprint density at radius 2 is 2.12 bits per heavy atom. The molecule has 0 aliphatic carbocycles. The first-order valence-corrected chi connectivity index (χ1v) is 8.57. The van der Waals surface area contributed by atoms with Crippen LogP contribution in [0, 0.1) is 5.82 Å². The van der Waals surface area contributed by atoms with Crippen molar-refractivity contribution < 1.29 is 19.0 Å². The predicted molar refractivity (Wildman–Crippen MR) is 95.0 cm³/mol. The average Bonchev–Trinajstić information content (AvgIpc) is 2.66. The van der Waals surface area contributed by atoms with Crippen LogP contribution in [-0.2, 0) is 0 Å². The van der Waals surface area contributed by atoms with Gasteiger partial charge in [0.2, 0.25) is 5.43 Å². The lowest BCUT2D eigenvalue weighted by atomic mass is 10.1. The number of aromatic carboxylic acids is 1. The summed E-state index contributed by atoms with van der Waals surface area (Å²) >= 11 is 0. The number of rotatable bonds is 2. The highest BCUT2D eigenvalue weighted by molar-refractivity contribution is 5.97. The third kappa shape index (κ3) is 2.44. The zero-order valence-electron chi connectivity index (χ0n) is 15.6. The van der Waals surface area contributed by atoms with Gasteiger partial charge in [0.1, 0.15) is 17.9 Å². The molecule has 26 heavy (non-hydrogen) atoms. The maximum Gasteiger partial charge on any atom is 0.341 e. The van der Waals surface area contributed by atoms with Crippen LogP contribution in [0.2, 0.25) is 0 Å². The summed E-state index contributed by atoms with van der Waals surface area (Å²) in [6, 6.07) is 0.997. The van der Waals surface area contributed by atoms with E-state index in [1.807, 2.05) is 18.9 Å². The summed E-state index contributed by atoms with van der Waals surface area (Å²) in [5, 5.41) is 4.02. The second-order valence-electron chi connectivity index (χ2n) is 6.95. The van der Waals surface area contributed by atoms with Crippen LogP contribution in [0.5, 0.6) is 5.75 Å². The maximum atomic E-state index is 15.1. The number of hydrogen-bond acceptors (Lipinski definition) is 6. The second kappa shape index (κ2) is 5.98. The number of aromatic nitrogens is 1. The molecule has 1 N–H and O–H groups in total. The monoisotopic (exact) mass is 362 g/mol. The predicted octanol–water partition coefficient (Wildman–Crippen LogP) is 1.54. The van der Waals surface area contributed by atoms with Crippen LogP contribution in [0.3, 0.4) is 0 Å². The van der Waals surface area contributed by atoms with Gasteiger partial charge in [-0.05, 0) is 20.0 Å². The van der Waals surface area contributed by atoms with Crippen LogP contribution < -0.4 is 15.1 Å². The molecule has 0 amide bonds. The highest BCUT2D eigenvalue weighted by Crippen LogP contribution is 2.42. The van der Waals surface area contributed by atoms with E-state index in [1.54, 1.807) is 4.57 Å². The van der Waals surface area contributed by atoms with Crippen LogP contribution >= 0.6 is 0 Å². The van der Waals surface area contributed by atoms with Gasteiger partial charge in [-0.3, -0.25) is 4.79 Å². The van der Waals surface area contributed by atoms with Crippen LogP contribution in [-0.4, -0.2) is 60.4 Å². The number of pyridine rings is 1. The molecule has 138 valence electrons. The fourth-order valence-electron chi connectivity index (χ4n) is 3.68. The Kier molecular flexibility index (Phi) is 3.59. The summed E-state index contributed by atoms with van der Waals surface area (Å²) in [7, 11) is 2.01. The number of piperazine rings is 1. The van der Waals surface area contributed by atoms with Gasteiger partial charge in [-0.15, -0.1) is 0 Å². The third-order valence-corrected chi connectivity index (χ3v) is 5.18. The SMILES string of the molecule is [2H]OC(=O)c1cn2c3c(c(N4CCN(C)CC4)c(F)cc3c1=O)OCC2C. The summed E-state index contributed by atoms with van der Waals surface area (Å²) in [5.41, 5.74) is -0.132. The molecule has 2 aliphatic rings. The van der Waals surface area contributed by atoms with Gasteiger partial charge in [0.25, 0.3) is 1.43 Å². The molecule has 7 nitrogen and oxygen atoms in total. The first-order valence-electron chi connectivity index (χ1n) is 8.98. The number of anilines is 1. The largest absolute Gasteiger partial charge is 0.487 e. The molecule has 8 heteroatoms. The fraction of sp³-hybridized carbons (Fsp3) is 0.444. The lowest BCUT2D eigenvalue weighted by Crippen LogP contribution is -2.45. The molecule has 0 spiro atoms. The van der Waals surface area contributed by atoms with Gasteiger partial charge >= 0.3 is 5.97 Å². The molecule has 1 aromatic heterocycles. The van der Waals surface area contributed by atoms with E-state index in [9.17, 15) is 9.59 Å². The summed E-state index contributed by atoms with van der Waals surface area (Å²) in [5.74, 6) is -1.29. The van der Waals surface area contributed by atoms with Gasteiger partial charge < -0.3 is 24.2 Å². The Morgan fingerprint density at radius 3 is 2.81 bits per heavy atom. The van der Waals surface area contributed by atoms with E-state index in [2.05, 4.69) is 10.0 Å². The molecule has 2 aliphatic heterocycles. The number of benzene rings is 1. The minimum Gasteiger partial charge on any atom is -0.487 e. The Bertz CT molecular complexity index is 985.